The minimum absolute atomic E-state index is 0.185. The molecule has 4 rings (SSSR count). The van der Waals surface area contributed by atoms with Crippen LogP contribution in [0, 0.1) is 0 Å². The molecule has 2 aliphatic rings. The predicted molar refractivity (Wildman–Crippen MR) is 69.7 cm³/mol. The number of Topliss-reactive ketones (excluding diaryl/α,β-unsaturated/α-hetero) is 1. The molecule has 5 heteroatoms. The van der Waals surface area contributed by atoms with Crippen LogP contribution >= 0.6 is 0 Å². The van der Waals surface area contributed by atoms with E-state index >= 15 is 0 Å². The van der Waals surface area contributed by atoms with Crippen LogP contribution in [-0.4, -0.2) is 20.3 Å². The third-order valence-electron chi connectivity index (χ3n) is 3.50. The number of hydrogen-bond donors (Lipinski definition) is 0. The standard InChI is InChI=1S/C14H9N3O2/c18-11-8-4-1-2-6-10(8)17-13(11)16-12-9(14(17)19)5-3-7-15-12/h1,3-5,7H,2,6H2. The monoisotopic (exact) mass is 251 g/mol. The lowest BCUT2D eigenvalue weighted by molar-refractivity contribution is 0.103. The summed E-state index contributed by atoms with van der Waals surface area (Å²) in [5.74, 6) is 0.00310. The second-order valence-corrected chi connectivity index (χ2v) is 4.58. The van der Waals surface area contributed by atoms with Crippen molar-refractivity contribution in [3.63, 3.8) is 0 Å². The van der Waals surface area contributed by atoms with Gasteiger partial charge in [-0.25, -0.2) is 9.97 Å². The van der Waals surface area contributed by atoms with E-state index in [0.29, 0.717) is 23.0 Å². The van der Waals surface area contributed by atoms with E-state index in [1.165, 1.54) is 4.57 Å². The molecule has 2 aromatic heterocycles. The van der Waals surface area contributed by atoms with Crippen LogP contribution < -0.4 is 5.56 Å². The minimum atomic E-state index is -0.207. The number of aromatic nitrogens is 3. The second kappa shape index (κ2) is 3.47. The van der Waals surface area contributed by atoms with Crippen LogP contribution in [0.2, 0.25) is 0 Å². The highest BCUT2D eigenvalue weighted by Crippen LogP contribution is 2.31. The van der Waals surface area contributed by atoms with E-state index in [-0.39, 0.29) is 17.2 Å². The summed E-state index contributed by atoms with van der Waals surface area (Å²) in [7, 11) is 0. The average molecular weight is 251 g/mol. The van der Waals surface area contributed by atoms with Crippen molar-refractivity contribution in [1.82, 2.24) is 14.5 Å². The first-order valence-corrected chi connectivity index (χ1v) is 6.10. The van der Waals surface area contributed by atoms with Crippen LogP contribution in [0.25, 0.3) is 16.7 Å². The zero-order valence-corrected chi connectivity index (χ0v) is 9.96. The molecular formula is C14H9N3O2. The molecule has 0 amide bonds. The Bertz CT molecular complexity index is 859. The van der Waals surface area contributed by atoms with E-state index in [1.807, 2.05) is 6.08 Å². The summed E-state index contributed by atoms with van der Waals surface area (Å²) in [6.07, 6.45) is 6.83. The second-order valence-electron chi connectivity index (χ2n) is 4.58. The van der Waals surface area contributed by atoms with Crippen molar-refractivity contribution in [2.45, 2.75) is 12.8 Å². The molecule has 1 aliphatic heterocycles. The van der Waals surface area contributed by atoms with Gasteiger partial charge in [0.25, 0.3) is 5.56 Å². The van der Waals surface area contributed by atoms with Crippen molar-refractivity contribution in [2.24, 2.45) is 0 Å². The van der Waals surface area contributed by atoms with E-state index in [4.69, 9.17) is 0 Å². The first-order chi connectivity index (χ1) is 9.27. The molecule has 1 aliphatic carbocycles. The molecule has 19 heavy (non-hydrogen) atoms. The Morgan fingerprint density at radius 3 is 3.05 bits per heavy atom. The lowest BCUT2D eigenvalue weighted by Gasteiger charge is -2.10. The van der Waals surface area contributed by atoms with Crippen molar-refractivity contribution >= 4 is 22.5 Å². The number of rotatable bonds is 0. The summed E-state index contributed by atoms with van der Waals surface area (Å²) >= 11 is 0. The first kappa shape index (κ1) is 10.4. The fourth-order valence-corrected chi connectivity index (χ4v) is 2.63. The highest BCUT2D eigenvalue weighted by Gasteiger charge is 2.32. The molecule has 0 saturated carbocycles. The Kier molecular flexibility index (Phi) is 1.90. The molecule has 0 N–H and O–H groups in total. The maximum Gasteiger partial charge on any atom is 0.267 e. The van der Waals surface area contributed by atoms with E-state index in [0.717, 1.165) is 12.1 Å². The maximum atomic E-state index is 12.5. The summed E-state index contributed by atoms with van der Waals surface area (Å²) in [4.78, 5) is 33.1. The van der Waals surface area contributed by atoms with Crippen LogP contribution in [0.1, 0.15) is 23.5 Å². The number of nitrogens with zero attached hydrogens (tertiary/aromatic N) is 3. The molecule has 0 bridgehead atoms. The fraction of sp³-hybridized carbons (Fsp3) is 0.143. The quantitative estimate of drug-likeness (QED) is 0.712. The van der Waals surface area contributed by atoms with E-state index in [1.54, 1.807) is 24.4 Å². The fourth-order valence-electron chi connectivity index (χ4n) is 2.63. The molecule has 0 spiro atoms. The smallest absolute Gasteiger partial charge is 0.267 e. The Morgan fingerprint density at radius 2 is 2.16 bits per heavy atom. The number of carbonyl (C=O) groups is 1. The molecule has 0 radical (unpaired) electrons. The average Bonchev–Trinajstić information content (AvgIpc) is 2.74. The topological polar surface area (TPSA) is 64.8 Å². The summed E-state index contributed by atoms with van der Waals surface area (Å²) in [5.41, 5.74) is 1.48. The third kappa shape index (κ3) is 1.24. The largest absolute Gasteiger partial charge is 0.285 e. The lowest BCUT2D eigenvalue weighted by atomic mass is 10.0. The van der Waals surface area contributed by atoms with Gasteiger partial charge in [-0.1, -0.05) is 12.2 Å². The Hall–Kier alpha value is -2.56. The van der Waals surface area contributed by atoms with E-state index in [2.05, 4.69) is 9.97 Å². The van der Waals surface area contributed by atoms with Gasteiger partial charge in [-0.3, -0.25) is 14.2 Å². The minimum Gasteiger partial charge on any atom is -0.285 e. The van der Waals surface area contributed by atoms with Crippen LogP contribution in [0.4, 0.5) is 0 Å². The van der Waals surface area contributed by atoms with Gasteiger partial charge in [-0.15, -0.1) is 0 Å². The van der Waals surface area contributed by atoms with Crippen LogP contribution in [0.15, 0.2) is 40.8 Å². The number of hydrogen-bond acceptors (Lipinski definition) is 4. The summed E-state index contributed by atoms with van der Waals surface area (Å²) < 4.78 is 1.45. The highest BCUT2D eigenvalue weighted by molar-refractivity contribution is 6.16. The van der Waals surface area contributed by atoms with Gasteiger partial charge in [-0.2, -0.15) is 0 Å². The van der Waals surface area contributed by atoms with Crippen LogP contribution in [0.3, 0.4) is 0 Å². The van der Waals surface area contributed by atoms with Gasteiger partial charge >= 0.3 is 0 Å². The summed E-state index contributed by atoms with van der Waals surface area (Å²) in [6, 6.07) is 3.39. The van der Waals surface area contributed by atoms with Crippen molar-refractivity contribution < 1.29 is 4.79 Å². The van der Waals surface area contributed by atoms with Gasteiger partial charge in [0.15, 0.2) is 11.5 Å². The number of carbonyl (C=O) groups excluding carboxylic acids is 1. The number of allylic oxidation sites excluding steroid dienone is 4. The van der Waals surface area contributed by atoms with Gasteiger partial charge < -0.3 is 0 Å². The van der Waals surface area contributed by atoms with Gasteiger partial charge in [0.05, 0.1) is 5.39 Å². The zero-order chi connectivity index (χ0) is 13.0. The maximum absolute atomic E-state index is 12.5. The normalized spacial score (nSPS) is 16.9. The molecule has 5 nitrogen and oxygen atoms in total. The molecule has 3 heterocycles. The molecule has 0 saturated heterocycles. The number of ketones is 1. The molecule has 2 aromatic rings. The van der Waals surface area contributed by atoms with Gasteiger partial charge in [0.2, 0.25) is 5.78 Å². The molecule has 0 fully saturated rings. The Balaban J connectivity index is 2.16. The van der Waals surface area contributed by atoms with Crippen LogP contribution in [0.5, 0.6) is 0 Å². The molecule has 0 atom stereocenters. The first-order valence-electron chi connectivity index (χ1n) is 6.10. The SMILES string of the molecule is O=C1C2=C(CCC=C2)n2c1nc1ncccc1c2=O. The van der Waals surface area contributed by atoms with Crippen LogP contribution in [-0.2, 0) is 0 Å². The summed E-state index contributed by atoms with van der Waals surface area (Å²) in [5, 5.41) is 0.447. The predicted octanol–water partition coefficient (Wildman–Crippen LogP) is 1.55. The Labute approximate surface area is 107 Å². The van der Waals surface area contributed by atoms with Crippen molar-refractivity contribution in [2.75, 3.05) is 0 Å². The number of pyridine rings is 1. The van der Waals surface area contributed by atoms with Gasteiger partial charge in [0, 0.05) is 17.5 Å². The van der Waals surface area contributed by atoms with Gasteiger partial charge in [-0.05, 0) is 25.0 Å². The summed E-state index contributed by atoms with van der Waals surface area (Å²) in [6.45, 7) is 0. The van der Waals surface area contributed by atoms with Crippen molar-refractivity contribution in [3.05, 3.63) is 52.2 Å². The van der Waals surface area contributed by atoms with E-state index < -0.39 is 0 Å². The Morgan fingerprint density at radius 1 is 1.26 bits per heavy atom. The zero-order valence-electron chi connectivity index (χ0n) is 9.96. The third-order valence-corrected chi connectivity index (χ3v) is 3.50. The van der Waals surface area contributed by atoms with Crippen molar-refractivity contribution in [3.8, 4) is 0 Å². The molecule has 0 aromatic carbocycles. The highest BCUT2D eigenvalue weighted by atomic mass is 16.1. The van der Waals surface area contributed by atoms with Crippen molar-refractivity contribution in [1.29, 1.82) is 0 Å². The molecule has 0 unspecified atom stereocenters. The lowest BCUT2D eigenvalue weighted by Crippen LogP contribution is -2.23. The number of fused-ring (bicyclic) bond motifs is 3. The van der Waals surface area contributed by atoms with E-state index in [9.17, 15) is 9.59 Å². The van der Waals surface area contributed by atoms with Gasteiger partial charge in [0.1, 0.15) is 0 Å². The molecule has 92 valence electrons. The molecular weight excluding hydrogens is 242 g/mol.